The maximum absolute atomic E-state index is 4.65. The van der Waals surface area contributed by atoms with Crippen LogP contribution in [0.1, 0.15) is 30.4 Å². The Kier molecular flexibility index (Phi) is 5.22. The van der Waals surface area contributed by atoms with Gasteiger partial charge in [-0.3, -0.25) is 0 Å². The first-order chi connectivity index (χ1) is 16.6. The quantitative estimate of drug-likeness (QED) is 0.550. The Hall–Kier alpha value is -3.44. The highest BCUT2D eigenvalue weighted by Gasteiger charge is 2.44. The van der Waals surface area contributed by atoms with Crippen LogP contribution in [0.5, 0.6) is 0 Å². The molecule has 3 aromatic rings. The van der Waals surface area contributed by atoms with Crippen molar-refractivity contribution in [1.82, 2.24) is 14.9 Å². The van der Waals surface area contributed by atoms with E-state index in [2.05, 4.69) is 87.3 Å². The van der Waals surface area contributed by atoms with E-state index in [1.54, 1.807) is 0 Å². The summed E-state index contributed by atoms with van der Waals surface area (Å²) in [7, 11) is 2.22. The number of nitrogens with zero attached hydrogens (tertiary/aromatic N) is 4. The predicted molar refractivity (Wildman–Crippen MR) is 142 cm³/mol. The fourth-order valence-corrected chi connectivity index (χ4v) is 5.41. The van der Waals surface area contributed by atoms with Crippen molar-refractivity contribution in [2.45, 2.75) is 19.3 Å². The number of pyridine rings is 2. The molecule has 4 heterocycles. The maximum atomic E-state index is 4.65. The van der Waals surface area contributed by atoms with Crippen LogP contribution in [0.15, 0.2) is 73.6 Å². The number of piperidine rings is 1. The van der Waals surface area contributed by atoms with Crippen LogP contribution in [0.4, 0.5) is 11.6 Å². The molecule has 6 rings (SSSR count). The van der Waals surface area contributed by atoms with Crippen LogP contribution in [0.2, 0.25) is 0 Å². The Bertz CT molecular complexity index is 1310. The molecule has 172 valence electrons. The van der Waals surface area contributed by atoms with Crippen molar-refractivity contribution in [2.75, 3.05) is 43.4 Å². The van der Waals surface area contributed by atoms with Crippen LogP contribution in [0.25, 0.3) is 22.0 Å². The first-order valence-electron chi connectivity index (χ1n) is 12.2. The van der Waals surface area contributed by atoms with E-state index in [-0.39, 0.29) is 0 Å². The number of benzene rings is 1. The summed E-state index contributed by atoms with van der Waals surface area (Å²) in [5, 5.41) is 5.73. The summed E-state index contributed by atoms with van der Waals surface area (Å²) in [5.41, 5.74) is 4.99. The molecule has 2 fully saturated rings. The summed E-state index contributed by atoms with van der Waals surface area (Å²) in [6.45, 7) is 8.92. The monoisotopic (exact) mass is 449 g/mol. The molecule has 5 nitrogen and oxygen atoms in total. The molecular weight excluding hydrogens is 418 g/mol. The van der Waals surface area contributed by atoms with Crippen molar-refractivity contribution in [1.29, 1.82) is 0 Å². The first-order valence-corrected chi connectivity index (χ1v) is 12.2. The van der Waals surface area contributed by atoms with Crippen LogP contribution in [0.3, 0.4) is 0 Å². The largest absolute Gasteiger partial charge is 0.355 e. The second-order valence-corrected chi connectivity index (χ2v) is 10.1. The standard InChI is InChI=1S/C29H31N5/c1-21(23-9-12-30-28(17-23)34-19-29(20-34)10-13-33(2)14-11-29)32-27-16-26-15-24(22-5-3-4-6-22)7-8-25(26)18-31-27/h3-5,7-9,12,15-18H,1,6,10-11,13-14,19-20H2,2H3,(H,31,32). The Morgan fingerprint density at radius 3 is 2.68 bits per heavy atom. The van der Waals surface area contributed by atoms with Crippen LogP contribution in [-0.2, 0) is 0 Å². The Balaban J connectivity index is 1.16. The molecule has 1 spiro atoms. The van der Waals surface area contributed by atoms with Crippen molar-refractivity contribution >= 4 is 33.7 Å². The van der Waals surface area contributed by atoms with Gasteiger partial charge in [-0.1, -0.05) is 36.9 Å². The average Bonchev–Trinajstić information content (AvgIpc) is 3.38. The molecule has 5 heteroatoms. The van der Waals surface area contributed by atoms with E-state index in [1.807, 2.05) is 18.5 Å². The van der Waals surface area contributed by atoms with E-state index >= 15 is 0 Å². The number of nitrogens with one attached hydrogen (secondary N) is 1. The number of anilines is 2. The molecular formula is C29H31N5. The van der Waals surface area contributed by atoms with E-state index in [0.717, 1.165) is 47.8 Å². The van der Waals surface area contributed by atoms with E-state index in [0.29, 0.717) is 5.41 Å². The van der Waals surface area contributed by atoms with Crippen LogP contribution in [-0.4, -0.2) is 48.1 Å². The highest BCUT2D eigenvalue weighted by atomic mass is 15.3. The van der Waals surface area contributed by atoms with Gasteiger partial charge in [0.15, 0.2) is 0 Å². The minimum Gasteiger partial charge on any atom is -0.355 e. The summed E-state index contributed by atoms with van der Waals surface area (Å²) in [6, 6.07) is 12.8. The molecule has 0 amide bonds. The molecule has 1 N–H and O–H groups in total. The first kappa shape index (κ1) is 21.1. The molecule has 2 saturated heterocycles. The van der Waals surface area contributed by atoms with E-state index in [1.165, 1.54) is 42.5 Å². The maximum Gasteiger partial charge on any atom is 0.130 e. The van der Waals surface area contributed by atoms with E-state index in [9.17, 15) is 0 Å². The minimum atomic E-state index is 0.484. The normalized spacial score (nSPS) is 19.3. The molecule has 0 unspecified atom stereocenters. The highest BCUT2D eigenvalue weighted by molar-refractivity contribution is 5.89. The number of aromatic nitrogens is 2. The summed E-state index contributed by atoms with van der Waals surface area (Å²) >= 11 is 0. The summed E-state index contributed by atoms with van der Waals surface area (Å²) in [6.07, 6.45) is 13.9. The lowest BCUT2D eigenvalue weighted by Crippen LogP contribution is -2.60. The number of allylic oxidation sites excluding steroid dienone is 4. The lowest BCUT2D eigenvalue weighted by Gasteiger charge is -2.54. The molecule has 34 heavy (non-hydrogen) atoms. The SMILES string of the molecule is C=C(Nc1cc2cc(C3=CC=CC3)ccc2cn1)c1ccnc(N2CC3(CCN(C)CC3)C2)c1. The third-order valence-corrected chi connectivity index (χ3v) is 7.66. The fourth-order valence-electron chi connectivity index (χ4n) is 5.41. The topological polar surface area (TPSA) is 44.3 Å². The number of rotatable bonds is 5. The predicted octanol–water partition coefficient (Wildman–Crippen LogP) is 5.59. The fraction of sp³-hybridized carbons (Fsp3) is 0.310. The van der Waals surface area contributed by atoms with Gasteiger partial charge < -0.3 is 15.1 Å². The van der Waals surface area contributed by atoms with E-state index in [4.69, 9.17) is 0 Å². The van der Waals surface area contributed by atoms with Crippen molar-refractivity contribution in [3.8, 4) is 0 Å². The summed E-state index contributed by atoms with van der Waals surface area (Å²) in [5.74, 6) is 1.85. The molecule has 1 aromatic carbocycles. The molecule has 0 bridgehead atoms. The van der Waals surface area contributed by atoms with Crippen molar-refractivity contribution in [2.24, 2.45) is 5.41 Å². The lowest BCUT2D eigenvalue weighted by molar-refractivity contribution is 0.0900. The van der Waals surface area contributed by atoms with E-state index < -0.39 is 0 Å². The van der Waals surface area contributed by atoms with Crippen LogP contribution in [0, 0.1) is 5.41 Å². The van der Waals surface area contributed by atoms with Crippen molar-refractivity contribution < 1.29 is 0 Å². The molecule has 3 aliphatic rings. The summed E-state index contributed by atoms with van der Waals surface area (Å²) in [4.78, 5) is 14.1. The van der Waals surface area contributed by atoms with Gasteiger partial charge in [0.25, 0.3) is 0 Å². The zero-order valence-corrected chi connectivity index (χ0v) is 19.8. The molecule has 1 aliphatic carbocycles. The number of likely N-dealkylation sites (tertiary alicyclic amines) is 1. The van der Waals surface area contributed by atoms with Gasteiger partial charge >= 0.3 is 0 Å². The highest BCUT2D eigenvalue weighted by Crippen LogP contribution is 2.42. The smallest absolute Gasteiger partial charge is 0.130 e. The zero-order chi connectivity index (χ0) is 23.1. The van der Waals surface area contributed by atoms with Gasteiger partial charge in [0.2, 0.25) is 0 Å². The van der Waals surface area contributed by atoms with Gasteiger partial charge in [0.1, 0.15) is 11.6 Å². The Labute approximate surface area is 201 Å². The number of fused-ring (bicyclic) bond motifs is 1. The average molecular weight is 450 g/mol. The molecule has 2 aliphatic heterocycles. The molecule has 0 radical (unpaired) electrons. The van der Waals surface area contributed by atoms with Gasteiger partial charge in [-0.2, -0.15) is 0 Å². The summed E-state index contributed by atoms with van der Waals surface area (Å²) < 4.78 is 0. The van der Waals surface area contributed by atoms with Gasteiger partial charge in [-0.15, -0.1) is 0 Å². The molecule has 0 saturated carbocycles. The number of hydrogen-bond acceptors (Lipinski definition) is 5. The van der Waals surface area contributed by atoms with Crippen molar-refractivity contribution in [3.05, 3.63) is 84.7 Å². The lowest BCUT2D eigenvalue weighted by atomic mass is 9.72. The van der Waals surface area contributed by atoms with Gasteiger partial charge in [0.05, 0.1) is 0 Å². The van der Waals surface area contributed by atoms with Crippen LogP contribution < -0.4 is 10.2 Å². The van der Waals surface area contributed by atoms with Gasteiger partial charge in [-0.05, 0) is 80.2 Å². The Morgan fingerprint density at radius 2 is 1.88 bits per heavy atom. The second kappa shape index (κ2) is 8.41. The third-order valence-electron chi connectivity index (χ3n) is 7.66. The second-order valence-electron chi connectivity index (χ2n) is 10.1. The van der Waals surface area contributed by atoms with Gasteiger partial charge in [0, 0.05) is 47.5 Å². The van der Waals surface area contributed by atoms with Crippen molar-refractivity contribution in [3.63, 3.8) is 0 Å². The third kappa shape index (κ3) is 4.01. The molecule has 2 aromatic heterocycles. The Morgan fingerprint density at radius 1 is 1.03 bits per heavy atom. The number of hydrogen-bond donors (Lipinski definition) is 1. The zero-order valence-electron chi connectivity index (χ0n) is 19.8. The molecule has 0 atom stereocenters. The van der Waals surface area contributed by atoms with Gasteiger partial charge in [-0.25, -0.2) is 9.97 Å². The minimum absolute atomic E-state index is 0.484. The van der Waals surface area contributed by atoms with Crippen LogP contribution >= 0.6 is 0 Å².